The Morgan fingerprint density at radius 2 is 1.56 bits per heavy atom. The lowest BCUT2D eigenvalue weighted by Crippen LogP contribution is -2.22. The molecule has 1 heterocycles. The molecule has 0 saturated heterocycles. The highest BCUT2D eigenvalue weighted by molar-refractivity contribution is 5.89. The summed E-state index contributed by atoms with van der Waals surface area (Å²) in [4.78, 5) is 17.3. The van der Waals surface area contributed by atoms with Crippen LogP contribution >= 0.6 is 0 Å². The summed E-state index contributed by atoms with van der Waals surface area (Å²) >= 11 is 0. The lowest BCUT2D eigenvalue weighted by Gasteiger charge is -2.26. The van der Waals surface area contributed by atoms with Crippen LogP contribution in [0.15, 0.2) is 53.1 Å². The van der Waals surface area contributed by atoms with E-state index in [4.69, 9.17) is 19.7 Å². The molecule has 0 aliphatic carbocycles. The SMILES string of the molecule is CN(C)C(=O)c1noc(COc2ccc(C(C)(C)c3ccc(OCCCN)cc3)cc2)n1. The van der Waals surface area contributed by atoms with Crippen molar-refractivity contribution in [2.24, 2.45) is 5.73 Å². The number of nitrogens with two attached hydrogens (primary N) is 1. The first-order valence-electron chi connectivity index (χ1n) is 10.5. The lowest BCUT2D eigenvalue weighted by molar-refractivity contribution is 0.0812. The average Bonchev–Trinajstić information content (AvgIpc) is 3.27. The van der Waals surface area contributed by atoms with Gasteiger partial charge in [0.05, 0.1) is 6.61 Å². The maximum atomic E-state index is 11.8. The first kappa shape index (κ1) is 23.3. The number of rotatable bonds is 10. The van der Waals surface area contributed by atoms with Gasteiger partial charge in [0.2, 0.25) is 0 Å². The predicted molar refractivity (Wildman–Crippen MR) is 121 cm³/mol. The average molecular weight is 439 g/mol. The van der Waals surface area contributed by atoms with Crippen LogP contribution in [0.2, 0.25) is 0 Å². The molecule has 0 fully saturated rings. The largest absolute Gasteiger partial charge is 0.494 e. The second kappa shape index (κ2) is 10.3. The Labute approximate surface area is 188 Å². The molecule has 2 aromatic carbocycles. The smallest absolute Gasteiger partial charge is 0.294 e. The number of nitrogens with zero attached hydrogens (tertiary/aromatic N) is 3. The van der Waals surface area contributed by atoms with Crippen LogP contribution in [0, 0.1) is 0 Å². The number of ether oxygens (including phenoxy) is 2. The van der Waals surface area contributed by atoms with Crippen molar-refractivity contribution in [3.05, 3.63) is 71.4 Å². The topological polar surface area (TPSA) is 104 Å². The fourth-order valence-corrected chi connectivity index (χ4v) is 3.12. The summed E-state index contributed by atoms with van der Waals surface area (Å²) in [5, 5.41) is 3.68. The third-order valence-corrected chi connectivity index (χ3v) is 5.20. The zero-order valence-electron chi connectivity index (χ0n) is 19.0. The highest BCUT2D eigenvalue weighted by atomic mass is 16.5. The molecule has 0 spiro atoms. The molecule has 0 aliphatic heterocycles. The molecule has 8 heteroatoms. The molecule has 0 saturated carbocycles. The highest BCUT2D eigenvalue weighted by Gasteiger charge is 2.23. The Kier molecular flexibility index (Phi) is 7.48. The number of benzene rings is 2. The Hall–Kier alpha value is -3.39. The van der Waals surface area contributed by atoms with Crippen molar-refractivity contribution in [2.75, 3.05) is 27.2 Å². The third-order valence-electron chi connectivity index (χ3n) is 5.20. The molecule has 32 heavy (non-hydrogen) atoms. The van der Waals surface area contributed by atoms with Crippen LogP contribution in [-0.2, 0) is 12.0 Å². The predicted octanol–water partition coefficient (Wildman–Crippen LogP) is 3.40. The summed E-state index contributed by atoms with van der Waals surface area (Å²) < 4.78 is 16.5. The van der Waals surface area contributed by atoms with Gasteiger partial charge in [-0.3, -0.25) is 4.79 Å². The fourth-order valence-electron chi connectivity index (χ4n) is 3.12. The highest BCUT2D eigenvalue weighted by Crippen LogP contribution is 2.33. The molecule has 0 radical (unpaired) electrons. The summed E-state index contributed by atoms with van der Waals surface area (Å²) in [5.41, 5.74) is 7.65. The van der Waals surface area contributed by atoms with Gasteiger partial charge in [0, 0.05) is 19.5 Å². The van der Waals surface area contributed by atoms with Crippen LogP contribution in [0.25, 0.3) is 0 Å². The van der Waals surface area contributed by atoms with E-state index in [-0.39, 0.29) is 29.6 Å². The molecule has 1 aromatic heterocycles. The van der Waals surface area contributed by atoms with Crippen LogP contribution in [-0.4, -0.2) is 48.2 Å². The first-order valence-corrected chi connectivity index (χ1v) is 10.5. The number of carbonyl (C=O) groups excluding carboxylic acids is 1. The van der Waals surface area contributed by atoms with Gasteiger partial charge in [-0.05, 0) is 48.4 Å². The van der Waals surface area contributed by atoms with Crippen LogP contribution in [0.5, 0.6) is 11.5 Å². The molecule has 170 valence electrons. The van der Waals surface area contributed by atoms with E-state index >= 15 is 0 Å². The van der Waals surface area contributed by atoms with Crippen molar-refractivity contribution in [3.8, 4) is 11.5 Å². The summed E-state index contributed by atoms with van der Waals surface area (Å²) in [6.45, 7) is 5.68. The summed E-state index contributed by atoms with van der Waals surface area (Å²) in [6, 6.07) is 16.0. The van der Waals surface area contributed by atoms with Crippen molar-refractivity contribution in [2.45, 2.75) is 32.3 Å². The quantitative estimate of drug-likeness (QED) is 0.484. The molecule has 0 aliphatic rings. The second-order valence-electron chi connectivity index (χ2n) is 8.16. The molecule has 1 amide bonds. The number of hydrogen-bond donors (Lipinski definition) is 1. The molecule has 0 atom stereocenters. The van der Waals surface area contributed by atoms with E-state index in [0.717, 1.165) is 17.7 Å². The standard InChI is InChI=1S/C24H30N4O4/c1-24(2,17-6-10-19(11-7-17)30-15-5-14-25)18-8-12-20(13-9-18)31-16-21-26-22(27-32-21)23(29)28(3)4/h6-13H,5,14-16,25H2,1-4H3. The Morgan fingerprint density at radius 1 is 1.00 bits per heavy atom. The minimum atomic E-state index is -0.318. The van der Waals surface area contributed by atoms with Crippen LogP contribution in [0.3, 0.4) is 0 Å². The Morgan fingerprint density at radius 3 is 2.09 bits per heavy atom. The van der Waals surface area contributed by atoms with Gasteiger partial charge in [0.1, 0.15) is 11.5 Å². The van der Waals surface area contributed by atoms with E-state index in [1.807, 2.05) is 36.4 Å². The van der Waals surface area contributed by atoms with Gasteiger partial charge in [0.15, 0.2) is 6.61 Å². The number of aromatic nitrogens is 2. The van der Waals surface area contributed by atoms with Gasteiger partial charge in [-0.25, -0.2) is 0 Å². The van der Waals surface area contributed by atoms with Crippen molar-refractivity contribution in [3.63, 3.8) is 0 Å². The van der Waals surface area contributed by atoms with Crippen LogP contribution in [0.1, 0.15) is 47.9 Å². The molecule has 0 unspecified atom stereocenters. The maximum absolute atomic E-state index is 11.8. The van der Waals surface area contributed by atoms with Crippen molar-refractivity contribution in [1.82, 2.24) is 15.0 Å². The summed E-state index contributed by atoms with van der Waals surface area (Å²) in [5.74, 6) is 1.46. The molecule has 0 bridgehead atoms. The number of hydrogen-bond acceptors (Lipinski definition) is 7. The fraction of sp³-hybridized carbons (Fsp3) is 0.375. The van der Waals surface area contributed by atoms with Gasteiger partial charge in [0.25, 0.3) is 17.6 Å². The number of carbonyl (C=O) groups is 1. The Bertz CT molecular complexity index is 1010. The maximum Gasteiger partial charge on any atom is 0.294 e. The van der Waals surface area contributed by atoms with Gasteiger partial charge < -0.3 is 24.6 Å². The first-order chi connectivity index (χ1) is 15.3. The molecule has 8 nitrogen and oxygen atoms in total. The zero-order chi connectivity index (χ0) is 23.1. The minimum absolute atomic E-state index is 0.0153. The van der Waals surface area contributed by atoms with Crippen LogP contribution in [0.4, 0.5) is 0 Å². The molecular formula is C24H30N4O4. The van der Waals surface area contributed by atoms with E-state index in [1.54, 1.807) is 14.1 Å². The van der Waals surface area contributed by atoms with Gasteiger partial charge in [-0.15, -0.1) is 0 Å². The summed E-state index contributed by atoms with van der Waals surface area (Å²) in [6.07, 6.45) is 0.837. The van der Waals surface area contributed by atoms with Gasteiger partial charge in [-0.1, -0.05) is 43.3 Å². The normalized spacial score (nSPS) is 11.3. The molecule has 3 aromatic rings. The van der Waals surface area contributed by atoms with E-state index in [0.29, 0.717) is 18.9 Å². The molecular weight excluding hydrogens is 408 g/mol. The molecule has 3 rings (SSSR count). The minimum Gasteiger partial charge on any atom is -0.494 e. The number of amides is 1. The van der Waals surface area contributed by atoms with E-state index in [2.05, 4.69) is 36.1 Å². The van der Waals surface area contributed by atoms with Crippen molar-refractivity contribution in [1.29, 1.82) is 0 Å². The summed E-state index contributed by atoms with van der Waals surface area (Å²) in [7, 11) is 3.26. The van der Waals surface area contributed by atoms with Crippen LogP contribution < -0.4 is 15.2 Å². The van der Waals surface area contributed by atoms with Crippen molar-refractivity contribution >= 4 is 5.91 Å². The zero-order valence-corrected chi connectivity index (χ0v) is 19.0. The van der Waals surface area contributed by atoms with Gasteiger partial charge >= 0.3 is 0 Å². The second-order valence-corrected chi connectivity index (χ2v) is 8.16. The van der Waals surface area contributed by atoms with E-state index in [9.17, 15) is 4.79 Å². The monoisotopic (exact) mass is 438 g/mol. The van der Waals surface area contributed by atoms with E-state index in [1.165, 1.54) is 10.5 Å². The molecule has 2 N–H and O–H groups in total. The third kappa shape index (κ3) is 5.64. The van der Waals surface area contributed by atoms with Gasteiger partial charge in [-0.2, -0.15) is 4.98 Å². The van der Waals surface area contributed by atoms with E-state index < -0.39 is 0 Å². The lowest BCUT2D eigenvalue weighted by atomic mass is 9.78. The van der Waals surface area contributed by atoms with Crippen molar-refractivity contribution < 1.29 is 18.8 Å². The Balaban J connectivity index is 1.61.